The number of aliphatic hydroxyl groups is 1. The van der Waals surface area contributed by atoms with Crippen molar-refractivity contribution >= 4 is 10.0 Å². The molecule has 0 radical (unpaired) electrons. The zero-order valence-electron chi connectivity index (χ0n) is 10.5. The van der Waals surface area contributed by atoms with E-state index in [2.05, 4.69) is 14.9 Å². The van der Waals surface area contributed by atoms with Crippen LogP contribution < -0.4 is 4.72 Å². The van der Waals surface area contributed by atoms with E-state index in [0.717, 1.165) is 0 Å². The van der Waals surface area contributed by atoms with Crippen LogP contribution in [0.2, 0.25) is 0 Å². The number of aromatic nitrogens is 2. The molecule has 0 aliphatic carbocycles. The molecule has 1 aromatic heterocycles. The van der Waals surface area contributed by atoms with Crippen molar-refractivity contribution in [1.82, 2.24) is 14.9 Å². The molecule has 0 amide bonds. The molecule has 0 unspecified atom stereocenters. The summed E-state index contributed by atoms with van der Waals surface area (Å²) in [6, 6.07) is 0. The van der Waals surface area contributed by atoms with Gasteiger partial charge in [-0.1, -0.05) is 13.8 Å². The predicted molar refractivity (Wildman–Crippen MR) is 65.4 cm³/mol. The Morgan fingerprint density at radius 2 is 2.28 bits per heavy atom. The van der Waals surface area contributed by atoms with Gasteiger partial charge in [0.15, 0.2) is 5.03 Å². The average molecular weight is 277 g/mol. The van der Waals surface area contributed by atoms with E-state index in [1.807, 2.05) is 13.8 Å². The highest BCUT2D eigenvalue weighted by atomic mass is 32.2. The molecule has 3 N–H and O–H groups in total. The van der Waals surface area contributed by atoms with Crippen LogP contribution in [0.3, 0.4) is 0 Å². The fraction of sp³-hybridized carbons (Fsp3) is 0.700. The molecule has 1 rings (SSSR count). The van der Waals surface area contributed by atoms with E-state index in [4.69, 9.17) is 9.84 Å². The second-order valence-electron chi connectivity index (χ2n) is 4.25. The Hall–Kier alpha value is -0.960. The number of rotatable bonds is 8. The van der Waals surface area contributed by atoms with Crippen molar-refractivity contribution in [2.45, 2.75) is 25.5 Å². The number of nitrogens with one attached hydrogen (secondary N) is 2. The summed E-state index contributed by atoms with van der Waals surface area (Å²) in [4.78, 5) is 0. The van der Waals surface area contributed by atoms with Crippen molar-refractivity contribution in [2.75, 3.05) is 19.8 Å². The first kappa shape index (κ1) is 15.1. The Morgan fingerprint density at radius 3 is 2.89 bits per heavy atom. The number of aromatic amines is 1. The summed E-state index contributed by atoms with van der Waals surface area (Å²) >= 11 is 0. The van der Waals surface area contributed by atoms with Gasteiger partial charge < -0.3 is 9.84 Å². The van der Waals surface area contributed by atoms with Gasteiger partial charge in [-0.15, -0.1) is 0 Å². The minimum Gasteiger partial charge on any atom is -0.392 e. The maximum absolute atomic E-state index is 11.8. The van der Waals surface area contributed by atoms with Crippen LogP contribution in [-0.2, 0) is 21.4 Å². The van der Waals surface area contributed by atoms with Crippen molar-refractivity contribution in [2.24, 2.45) is 5.92 Å². The normalized spacial score (nSPS) is 12.2. The van der Waals surface area contributed by atoms with Crippen molar-refractivity contribution in [3.8, 4) is 0 Å². The van der Waals surface area contributed by atoms with Gasteiger partial charge in [0.25, 0.3) is 10.0 Å². The summed E-state index contributed by atoms with van der Waals surface area (Å²) in [6.07, 6.45) is 1.28. The Balaban J connectivity index is 2.46. The van der Waals surface area contributed by atoms with Crippen LogP contribution in [0.1, 0.15) is 19.4 Å². The molecule has 0 fully saturated rings. The summed E-state index contributed by atoms with van der Waals surface area (Å²) < 4.78 is 31.3. The summed E-state index contributed by atoms with van der Waals surface area (Å²) in [5.74, 6) is 0.412. The van der Waals surface area contributed by atoms with Crippen molar-refractivity contribution in [3.05, 3.63) is 11.8 Å². The molecule has 0 spiro atoms. The highest BCUT2D eigenvalue weighted by molar-refractivity contribution is 7.89. The molecule has 1 aromatic rings. The number of H-pyrrole nitrogens is 1. The fourth-order valence-corrected chi connectivity index (χ4v) is 2.42. The van der Waals surface area contributed by atoms with Crippen LogP contribution in [0.25, 0.3) is 0 Å². The van der Waals surface area contributed by atoms with E-state index in [1.165, 1.54) is 6.20 Å². The fourth-order valence-electron chi connectivity index (χ4n) is 1.28. The van der Waals surface area contributed by atoms with Gasteiger partial charge in [-0.2, -0.15) is 5.10 Å². The van der Waals surface area contributed by atoms with Gasteiger partial charge >= 0.3 is 0 Å². The van der Waals surface area contributed by atoms with Crippen molar-refractivity contribution in [1.29, 1.82) is 0 Å². The average Bonchev–Trinajstić information content (AvgIpc) is 2.76. The molecular formula is C10H19N3O4S. The topological polar surface area (TPSA) is 104 Å². The second kappa shape index (κ2) is 6.83. The number of hydrogen-bond donors (Lipinski definition) is 3. The molecule has 0 saturated carbocycles. The second-order valence-corrected chi connectivity index (χ2v) is 5.95. The lowest BCUT2D eigenvalue weighted by Crippen LogP contribution is -2.28. The summed E-state index contributed by atoms with van der Waals surface area (Å²) in [7, 11) is -3.67. The standard InChI is InChI=1S/C10H19N3O4S/c1-8(2)7-17-4-3-12-18(15,16)10-9(6-14)5-11-13-10/h5,8,12,14H,3-4,6-7H2,1-2H3,(H,11,13). The molecule has 0 aliphatic heterocycles. The largest absolute Gasteiger partial charge is 0.392 e. The first-order valence-electron chi connectivity index (χ1n) is 5.68. The first-order chi connectivity index (χ1) is 8.47. The van der Waals surface area contributed by atoms with Gasteiger partial charge in [0, 0.05) is 18.7 Å². The zero-order valence-corrected chi connectivity index (χ0v) is 11.3. The molecule has 18 heavy (non-hydrogen) atoms. The first-order valence-corrected chi connectivity index (χ1v) is 7.16. The lowest BCUT2D eigenvalue weighted by Gasteiger charge is -2.08. The molecule has 104 valence electrons. The number of hydrogen-bond acceptors (Lipinski definition) is 5. The van der Waals surface area contributed by atoms with Gasteiger partial charge in [-0.25, -0.2) is 13.1 Å². The highest BCUT2D eigenvalue weighted by Crippen LogP contribution is 2.10. The molecule has 1 heterocycles. The van der Waals surface area contributed by atoms with Gasteiger partial charge in [-0.3, -0.25) is 5.10 Å². The minimum absolute atomic E-state index is 0.103. The molecular weight excluding hydrogens is 258 g/mol. The monoisotopic (exact) mass is 277 g/mol. The van der Waals surface area contributed by atoms with Gasteiger partial charge in [0.1, 0.15) is 0 Å². The number of ether oxygens (including phenoxy) is 1. The third kappa shape index (κ3) is 4.37. The van der Waals surface area contributed by atoms with E-state index in [9.17, 15) is 8.42 Å². The Labute approximate surface area is 107 Å². The smallest absolute Gasteiger partial charge is 0.257 e. The van der Waals surface area contributed by atoms with Crippen LogP contribution in [-0.4, -0.2) is 43.5 Å². The SMILES string of the molecule is CC(C)COCCNS(=O)(=O)c1[nH]ncc1CO. The van der Waals surface area contributed by atoms with Crippen LogP contribution in [0.15, 0.2) is 11.2 Å². The number of aliphatic hydroxyl groups excluding tert-OH is 1. The Morgan fingerprint density at radius 1 is 1.56 bits per heavy atom. The van der Waals surface area contributed by atoms with Crippen LogP contribution in [0.5, 0.6) is 0 Å². The van der Waals surface area contributed by atoms with Crippen LogP contribution >= 0.6 is 0 Å². The zero-order chi connectivity index (χ0) is 13.6. The van der Waals surface area contributed by atoms with E-state index in [-0.39, 0.29) is 23.7 Å². The molecule has 0 aromatic carbocycles. The molecule has 0 aliphatic rings. The molecule has 0 saturated heterocycles. The molecule has 8 heteroatoms. The maximum atomic E-state index is 11.8. The van der Waals surface area contributed by atoms with E-state index < -0.39 is 10.0 Å². The molecule has 0 atom stereocenters. The summed E-state index contributed by atoms with van der Waals surface area (Å²) in [5.41, 5.74) is 0.241. The van der Waals surface area contributed by atoms with E-state index in [1.54, 1.807) is 0 Å². The summed E-state index contributed by atoms with van der Waals surface area (Å²) in [5, 5.41) is 14.8. The van der Waals surface area contributed by atoms with E-state index in [0.29, 0.717) is 19.1 Å². The maximum Gasteiger partial charge on any atom is 0.257 e. The van der Waals surface area contributed by atoms with E-state index >= 15 is 0 Å². The lowest BCUT2D eigenvalue weighted by atomic mass is 10.2. The third-order valence-corrected chi connectivity index (χ3v) is 3.58. The predicted octanol–water partition coefficient (Wildman–Crippen LogP) is -0.147. The minimum atomic E-state index is -3.67. The highest BCUT2D eigenvalue weighted by Gasteiger charge is 2.19. The van der Waals surface area contributed by atoms with Crippen LogP contribution in [0.4, 0.5) is 0 Å². The Kier molecular flexibility index (Phi) is 5.73. The number of sulfonamides is 1. The van der Waals surface area contributed by atoms with Gasteiger partial charge in [-0.05, 0) is 5.92 Å². The van der Waals surface area contributed by atoms with Gasteiger partial charge in [0.05, 0.1) is 19.4 Å². The Bertz CT molecular complexity index is 455. The number of nitrogens with zero attached hydrogens (tertiary/aromatic N) is 1. The molecule has 7 nitrogen and oxygen atoms in total. The third-order valence-electron chi connectivity index (χ3n) is 2.11. The van der Waals surface area contributed by atoms with Crippen molar-refractivity contribution < 1.29 is 18.3 Å². The van der Waals surface area contributed by atoms with Crippen LogP contribution in [0, 0.1) is 5.92 Å². The van der Waals surface area contributed by atoms with Crippen molar-refractivity contribution in [3.63, 3.8) is 0 Å². The quantitative estimate of drug-likeness (QED) is 0.573. The lowest BCUT2D eigenvalue weighted by molar-refractivity contribution is 0.114. The summed E-state index contributed by atoms with van der Waals surface area (Å²) in [6.45, 7) is 4.73. The van der Waals surface area contributed by atoms with Gasteiger partial charge in [0.2, 0.25) is 0 Å². The molecule has 0 bridgehead atoms.